The second kappa shape index (κ2) is 4.21. The highest BCUT2D eigenvalue weighted by atomic mass is 16.3. The van der Waals surface area contributed by atoms with E-state index in [9.17, 15) is 5.11 Å². The molecule has 2 rings (SSSR count). The Balaban J connectivity index is 2.30. The fraction of sp³-hybridized carbons (Fsp3) is 0.500. The summed E-state index contributed by atoms with van der Waals surface area (Å²) in [4.78, 5) is 2.26. The molecule has 0 saturated heterocycles. The normalized spacial score (nSPS) is 16.6. The predicted octanol–water partition coefficient (Wildman–Crippen LogP) is 0.714. The first-order valence-corrected chi connectivity index (χ1v) is 5.41. The van der Waals surface area contributed by atoms with Gasteiger partial charge in [0.1, 0.15) is 0 Å². The van der Waals surface area contributed by atoms with E-state index in [1.165, 1.54) is 11.3 Å². The number of hydrogen-bond acceptors (Lipinski definition) is 3. The fourth-order valence-electron chi connectivity index (χ4n) is 2.16. The first-order valence-electron chi connectivity index (χ1n) is 5.41. The molecule has 0 bridgehead atoms. The summed E-state index contributed by atoms with van der Waals surface area (Å²) in [5.74, 6) is 0.0845. The minimum absolute atomic E-state index is 0.0845. The van der Waals surface area contributed by atoms with Gasteiger partial charge in [-0.25, -0.2) is 0 Å². The maximum absolute atomic E-state index is 9.19. The van der Waals surface area contributed by atoms with Gasteiger partial charge in [0, 0.05) is 31.7 Å². The van der Waals surface area contributed by atoms with Gasteiger partial charge in [-0.2, -0.15) is 0 Å². The summed E-state index contributed by atoms with van der Waals surface area (Å²) < 4.78 is 0. The molecular weight excluding hydrogens is 188 g/mol. The number of nitrogens with two attached hydrogens (primary N) is 1. The predicted molar refractivity (Wildman–Crippen MR) is 62.3 cm³/mol. The van der Waals surface area contributed by atoms with Crippen molar-refractivity contribution < 1.29 is 5.11 Å². The van der Waals surface area contributed by atoms with Crippen molar-refractivity contribution in [1.29, 1.82) is 0 Å². The van der Waals surface area contributed by atoms with Crippen LogP contribution in [0, 0.1) is 0 Å². The number of likely N-dealkylation sites (N-methyl/N-ethyl adjacent to an activating group) is 1. The van der Waals surface area contributed by atoms with Crippen LogP contribution in [0.2, 0.25) is 0 Å². The van der Waals surface area contributed by atoms with E-state index in [4.69, 9.17) is 5.73 Å². The molecule has 3 heteroatoms. The van der Waals surface area contributed by atoms with Gasteiger partial charge in [0.25, 0.3) is 0 Å². The van der Waals surface area contributed by atoms with Crippen LogP contribution in [0.25, 0.3) is 0 Å². The first kappa shape index (κ1) is 10.5. The van der Waals surface area contributed by atoms with E-state index in [0.717, 1.165) is 18.5 Å². The SMILES string of the molecule is CN1CCc2cc(C(CN)CO)ccc21. The standard InChI is InChI=1S/C12H18N2O/c1-14-5-4-10-6-9(2-3-12(10)14)11(7-13)8-15/h2-3,6,11,15H,4-5,7-8,13H2,1H3. The Morgan fingerprint density at radius 3 is 3.00 bits per heavy atom. The molecule has 1 unspecified atom stereocenters. The molecule has 0 saturated carbocycles. The summed E-state index contributed by atoms with van der Waals surface area (Å²) in [7, 11) is 2.11. The van der Waals surface area contributed by atoms with Gasteiger partial charge in [-0.05, 0) is 23.6 Å². The zero-order valence-electron chi connectivity index (χ0n) is 9.11. The van der Waals surface area contributed by atoms with Gasteiger partial charge in [0.2, 0.25) is 0 Å². The van der Waals surface area contributed by atoms with Gasteiger partial charge in [0.15, 0.2) is 0 Å². The molecule has 1 aromatic rings. The number of nitrogens with zero attached hydrogens (tertiary/aromatic N) is 1. The summed E-state index contributed by atoms with van der Waals surface area (Å²) in [5, 5.41) is 9.19. The van der Waals surface area contributed by atoms with Gasteiger partial charge in [-0.3, -0.25) is 0 Å². The molecule has 3 nitrogen and oxygen atoms in total. The van der Waals surface area contributed by atoms with Gasteiger partial charge in [-0.1, -0.05) is 12.1 Å². The minimum atomic E-state index is 0.0845. The van der Waals surface area contributed by atoms with E-state index in [-0.39, 0.29) is 12.5 Å². The van der Waals surface area contributed by atoms with Crippen LogP contribution < -0.4 is 10.6 Å². The Hall–Kier alpha value is -1.06. The van der Waals surface area contributed by atoms with Crippen molar-refractivity contribution in [2.24, 2.45) is 5.73 Å². The topological polar surface area (TPSA) is 49.5 Å². The molecule has 1 aliphatic rings. The second-order valence-corrected chi connectivity index (χ2v) is 4.17. The van der Waals surface area contributed by atoms with Crippen LogP contribution in [-0.4, -0.2) is 31.9 Å². The van der Waals surface area contributed by atoms with Crippen LogP contribution in [0.5, 0.6) is 0 Å². The Labute approximate surface area is 90.5 Å². The van der Waals surface area contributed by atoms with Crippen LogP contribution in [-0.2, 0) is 6.42 Å². The Morgan fingerprint density at radius 1 is 1.53 bits per heavy atom. The average molecular weight is 206 g/mol. The molecule has 0 aliphatic carbocycles. The summed E-state index contributed by atoms with van der Waals surface area (Å²) in [6, 6.07) is 6.40. The summed E-state index contributed by atoms with van der Waals surface area (Å²) in [5.41, 5.74) is 9.47. The number of hydrogen-bond donors (Lipinski definition) is 2. The summed E-state index contributed by atoms with van der Waals surface area (Å²) >= 11 is 0. The maximum Gasteiger partial charge on any atom is 0.0511 e. The van der Waals surface area contributed by atoms with Crippen molar-refractivity contribution in [3.63, 3.8) is 0 Å². The molecule has 0 fully saturated rings. The van der Waals surface area contributed by atoms with Crippen molar-refractivity contribution >= 4 is 5.69 Å². The molecule has 1 atom stereocenters. The third-order valence-electron chi connectivity index (χ3n) is 3.21. The number of anilines is 1. The van der Waals surface area contributed by atoms with Crippen molar-refractivity contribution in [1.82, 2.24) is 0 Å². The molecule has 0 spiro atoms. The highest BCUT2D eigenvalue weighted by Gasteiger charge is 2.17. The highest BCUT2D eigenvalue weighted by molar-refractivity contribution is 5.58. The van der Waals surface area contributed by atoms with E-state index < -0.39 is 0 Å². The van der Waals surface area contributed by atoms with E-state index in [2.05, 4.69) is 30.1 Å². The minimum Gasteiger partial charge on any atom is -0.396 e. The Bertz CT molecular complexity index is 347. The monoisotopic (exact) mass is 206 g/mol. The van der Waals surface area contributed by atoms with E-state index in [0.29, 0.717) is 6.54 Å². The molecule has 82 valence electrons. The molecule has 1 aliphatic heterocycles. The van der Waals surface area contributed by atoms with Crippen LogP contribution in [0.4, 0.5) is 5.69 Å². The van der Waals surface area contributed by atoms with Crippen LogP contribution in [0.1, 0.15) is 17.0 Å². The van der Waals surface area contributed by atoms with Crippen LogP contribution in [0.15, 0.2) is 18.2 Å². The van der Waals surface area contributed by atoms with Gasteiger partial charge >= 0.3 is 0 Å². The average Bonchev–Trinajstić information content (AvgIpc) is 2.62. The molecule has 1 aromatic carbocycles. The lowest BCUT2D eigenvalue weighted by Crippen LogP contribution is -2.16. The zero-order chi connectivity index (χ0) is 10.8. The number of rotatable bonds is 3. The van der Waals surface area contributed by atoms with Gasteiger partial charge in [0.05, 0.1) is 6.61 Å². The maximum atomic E-state index is 9.19. The third-order valence-corrected chi connectivity index (χ3v) is 3.21. The zero-order valence-corrected chi connectivity index (χ0v) is 9.11. The quantitative estimate of drug-likeness (QED) is 0.766. The van der Waals surface area contributed by atoms with Crippen molar-refractivity contribution in [2.45, 2.75) is 12.3 Å². The van der Waals surface area contributed by atoms with Gasteiger partial charge in [-0.15, -0.1) is 0 Å². The summed E-state index contributed by atoms with van der Waals surface area (Å²) in [6.45, 7) is 1.72. The highest BCUT2D eigenvalue weighted by Crippen LogP contribution is 2.29. The smallest absolute Gasteiger partial charge is 0.0511 e. The fourth-order valence-corrected chi connectivity index (χ4v) is 2.16. The van der Waals surface area contributed by atoms with E-state index in [1.54, 1.807) is 0 Å². The first-order chi connectivity index (χ1) is 7.26. The molecular formula is C12H18N2O. The van der Waals surface area contributed by atoms with Crippen molar-refractivity contribution in [2.75, 3.05) is 31.6 Å². The largest absolute Gasteiger partial charge is 0.396 e. The second-order valence-electron chi connectivity index (χ2n) is 4.17. The molecule has 0 aromatic heterocycles. The number of fused-ring (bicyclic) bond motifs is 1. The van der Waals surface area contributed by atoms with Crippen LogP contribution in [0.3, 0.4) is 0 Å². The van der Waals surface area contributed by atoms with Crippen molar-refractivity contribution in [3.8, 4) is 0 Å². The summed E-state index contributed by atoms with van der Waals surface area (Å²) in [6.07, 6.45) is 1.10. The lowest BCUT2D eigenvalue weighted by molar-refractivity contribution is 0.268. The molecule has 15 heavy (non-hydrogen) atoms. The lowest BCUT2D eigenvalue weighted by atomic mass is 9.97. The lowest BCUT2D eigenvalue weighted by Gasteiger charge is -2.15. The van der Waals surface area contributed by atoms with E-state index >= 15 is 0 Å². The van der Waals surface area contributed by atoms with Gasteiger partial charge < -0.3 is 15.7 Å². The van der Waals surface area contributed by atoms with E-state index in [1.807, 2.05) is 0 Å². The molecule has 3 N–H and O–H groups in total. The van der Waals surface area contributed by atoms with Crippen LogP contribution >= 0.6 is 0 Å². The Kier molecular flexibility index (Phi) is 2.93. The number of benzene rings is 1. The van der Waals surface area contributed by atoms with Crippen molar-refractivity contribution in [3.05, 3.63) is 29.3 Å². The number of aliphatic hydroxyl groups is 1. The Morgan fingerprint density at radius 2 is 2.33 bits per heavy atom. The molecule has 0 radical (unpaired) electrons. The number of aliphatic hydroxyl groups excluding tert-OH is 1. The molecule has 1 heterocycles. The third kappa shape index (κ3) is 1.85. The molecule has 0 amide bonds.